The number of sulfone groups is 1. The number of halogens is 1. The van der Waals surface area contributed by atoms with Crippen LogP contribution in [0.15, 0.2) is 24.3 Å². The van der Waals surface area contributed by atoms with Gasteiger partial charge in [0.2, 0.25) is 0 Å². The van der Waals surface area contributed by atoms with Crippen molar-refractivity contribution in [3.05, 3.63) is 35.6 Å². The molecule has 2 rings (SSSR count). The minimum atomic E-state index is -2.90. The van der Waals surface area contributed by atoms with E-state index in [4.69, 9.17) is 0 Å². The molecule has 1 atom stereocenters. The number of benzene rings is 1. The Bertz CT molecular complexity index is 545. The largest absolute Gasteiger partial charge is 0.295 e. The number of hydrogen-bond acceptors (Lipinski definition) is 3. The molecule has 0 amide bonds. The first-order valence-corrected chi connectivity index (χ1v) is 9.02. The summed E-state index contributed by atoms with van der Waals surface area (Å²) in [5.74, 6) is 0.262. The van der Waals surface area contributed by atoms with Gasteiger partial charge in [0.25, 0.3) is 0 Å². The Morgan fingerprint density at radius 2 is 2.10 bits per heavy atom. The van der Waals surface area contributed by atoms with Gasteiger partial charge in [-0.2, -0.15) is 0 Å². The van der Waals surface area contributed by atoms with E-state index in [-0.39, 0.29) is 23.4 Å². The minimum absolute atomic E-state index is 0.0335. The van der Waals surface area contributed by atoms with Gasteiger partial charge in [0.15, 0.2) is 9.84 Å². The van der Waals surface area contributed by atoms with E-state index in [1.165, 1.54) is 6.07 Å². The van der Waals surface area contributed by atoms with Crippen molar-refractivity contribution < 1.29 is 12.8 Å². The third-order valence-corrected chi connectivity index (χ3v) is 5.61. The Morgan fingerprint density at radius 1 is 1.35 bits per heavy atom. The van der Waals surface area contributed by atoms with Gasteiger partial charge in [0.1, 0.15) is 5.82 Å². The van der Waals surface area contributed by atoms with Crippen molar-refractivity contribution in [1.29, 1.82) is 0 Å². The predicted octanol–water partition coefficient (Wildman–Crippen LogP) is 2.61. The fourth-order valence-corrected chi connectivity index (χ4v) is 4.42. The van der Waals surface area contributed by atoms with Gasteiger partial charge in [-0.05, 0) is 25.5 Å². The predicted molar refractivity (Wildman–Crippen MR) is 78.8 cm³/mol. The molecule has 1 aliphatic rings. The molecule has 0 N–H and O–H groups in total. The first-order chi connectivity index (χ1) is 9.52. The molecular formula is C15H22FNO2S. The summed E-state index contributed by atoms with van der Waals surface area (Å²) in [5, 5.41) is 0. The second kappa shape index (κ2) is 6.68. The summed E-state index contributed by atoms with van der Waals surface area (Å²) in [6, 6.07) is 6.76. The van der Waals surface area contributed by atoms with Crippen LogP contribution in [0.2, 0.25) is 0 Å². The van der Waals surface area contributed by atoms with Gasteiger partial charge in [-0.1, -0.05) is 31.5 Å². The second-order valence-corrected chi connectivity index (χ2v) is 7.70. The molecule has 0 radical (unpaired) electrons. The number of hydrogen-bond donors (Lipinski definition) is 0. The van der Waals surface area contributed by atoms with Gasteiger partial charge in [-0.15, -0.1) is 0 Å². The molecule has 112 valence electrons. The van der Waals surface area contributed by atoms with E-state index >= 15 is 0 Å². The van der Waals surface area contributed by atoms with E-state index in [2.05, 4.69) is 11.8 Å². The second-order valence-electron chi connectivity index (χ2n) is 5.47. The van der Waals surface area contributed by atoms with E-state index in [9.17, 15) is 12.8 Å². The van der Waals surface area contributed by atoms with E-state index in [0.717, 1.165) is 19.4 Å². The summed E-state index contributed by atoms with van der Waals surface area (Å²) in [7, 11) is -2.90. The molecule has 1 aromatic rings. The van der Waals surface area contributed by atoms with Crippen LogP contribution in [0, 0.1) is 5.82 Å². The summed E-state index contributed by atoms with van der Waals surface area (Å²) in [6.45, 7) is 3.42. The molecule has 1 fully saturated rings. The molecular weight excluding hydrogens is 277 g/mol. The lowest BCUT2D eigenvalue weighted by Crippen LogP contribution is -2.36. The first kappa shape index (κ1) is 15.4. The van der Waals surface area contributed by atoms with E-state index in [1.54, 1.807) is 12.1 Å². The highest BCUT2D eigenvalue weighted by Gasteiger charge is 2.32. The highest BCUT2D eigenvalue weighted by molar-refractivity contribution is 7.91. The zero-order valence-corrected chi connectivity index (χ0v) is 12.7. The fourth-order valence-electron chi connectivity index (χ4n) is 2.66. The molecule has 0 bridgehead atoms. The van der Waals surface area contributed by atoms with E-state index in [0.29, 0.717) is 18.5 Å². The third-order valence-electron chi connectivity index (χ3n) is 3.85. The standard InChI is InChI=1S/C15H22FNO2S/c1-2-3-9-17(14-8-10-20(18,19)12-14)11-13-6-4-5-7-15(13)16/h4-7,14H,2-3,8-12H2,1H3. The average molecular weight is 299 g/mol. The summed E-state index contributed by atoms with van der Waals surface area (Å²) in [4.78, 5) is 2.13. The SMILES string of the molecule is CCCCN(Cc1ccccc1F)C1CCS(=O)(=O)C1. The molecule has 1 aliphatic heterocycles. The fraction of sp³-hybridized carbons (Fsp3) is 0.600. The first-order valence-electron chi connectivity index (χ1n) is 7.19. The van der Waals surface area contributed by atoms with Crippen molar-refractivity contribution in [2.24, 2.45) is 0 Å². The maximum absolute atomic E-state index is 13.8. The zero-order chi connectivity index (χ0) is 14.6. The summed E-state index contributed by atoms with van der Waals surface area (Å²) < 4.78 is 37.0. The van der Waals surface area contributed by atoms with Crippen molar-refractivity contribution in [3.8, 4) is 0 Å². The lowest BCUT2D eigenvalue weighted by molar-refractivity contribution is 0.198. The molecule has 1 unspecified atom stereocenters. The smallest absolute Gasteiger partial charge is 0.151 e. The normalized spacial score (nSPS) is 21.4. The van der Waals surface area contributed by atoms with Crippen LogP contribution in [0.4, 0.5) is 4.39 Å². The van der Waals surface area contributed by atoms with Crippen LogP contribution in [-0.4, -0.2) is 37.4 Å². The number of rotatable bonds is 6. The molecule has 0 saturated carbocycles. The number of unbranched alkanes of at least 4 members (excludes halogenated alkanes) is 1. The van der Waals surface area contributed by atoms with Crippen molar-refractivity contribution in [2.75, 3.05) is 18.1 Å². The quantitative estimate of drug-likeness (QED) is 0.810. The van der Waals surface area contributed by atoms with Crippen LogP contribution < -0.4 is 0 Å². The molecule has 3 nitrogen and oxygen atoms in total. The lowest BCUT2D eigenvalue weighted by atomic mass is 10.1. The van der Waals surface area contributed by atoms with Gasteiger partial charge in [-0.3, -0.25) is 4.90 Å². The monoisotopic (exact) mass is 299 g/mol. The Balaban J connectivity index is 2.10. The Morgan fingerprint density at radius 3 is 2.70 bits per heavy atom. The molecule has 0 aliphatic carbocycles. The number of nitrogens with zero attached hydrogens (tertiary/aromatic N) is 1. The maximum atomic E-state index is 13.8. The Labute approximate surface area is 120 Å². The zero-order valence-electron chi connectivity index (χ0n) is 11.9. The third kappa shape index (κ3) is 4.03. The summed E-state index contributed by atoms with van der Waals surface area (Å²) in [6.07, 6.45) is 2.72. The topological polar surface area (TPSA) is 37.4 Å². The van der Waals surface area contributed by atoms with Gasteiger partial charge in [0, 0.05) is 18.2 Å². The average Bonchev–Trinajstić information content (AvgIpc) is 2.77. The van der Waals surface area contributed by atoms with Crippen LogP contribution in [0.3, 0.4) is 0 Å². The molecule has 0 aromatic heterocycles. The Kier molecular flexibility index (Phi) is 5.16. The molecule has 1 aromatic carbocycles. The van der Waals surface area contributed by atoms with E-state index in [1.807, 2.05) is 6.07 Å². The minimum Gasteiger partial charge on any atom is -0.295 e. The van der Waals surface area contributed by atoms with Gasteiger partial charge < -0.3 is 0 Å². The van der Waals surface area contributed by atoms with Crippen LogP contribution in [-0.2, 0) is 16.4 Å². The van der Waals surface area contributed by atoms with Crippen molar-refractivity contribution >= 4 is 9.84 Å². The highest BCUT2D eigenvalue weighted by Crippen LogP contribution is 2.21. The van der Waals surface area contributed by atoms with Gasteiger partial charge in [-0.25, -0.2) is 12.8 Å². The molecule has 5 heteroatoms. The summed E-state index contributed by atoms with van der Waals surface area (Å²) in [5.41, 5.74) is 0.646. The molecule has 1 heterocycles. The van der Waals surface area contributed by atoms with E-state index < -0.39 is 9.84 Å². The summed E-state index contributed by atoms with van der Waals surface area (Å²) >= 11 is 0. The van der Waals surface area contributed by atoms with Gasteiger partial charge >= 0.3 is 0 Å². The van der Waals surface area contributed by atoms with Crippen molar-refractivity contribution in [2.45, 2.75) is 38.8 Å². The van der Waals surface area contributed by atoms with Gasteiger partial charge in [0.05, 0.1) is 11.5 Å². The lowest BCUT2D eigenvalue weighted by Gasteiger charge is -2.28. The van der Waals surface area contributed by atoms with Crippen LogP contribution >= 0.6 is 0 Å². The Hall–Kier alpha value is -0.940. The molecule has 20 heavy (non-hydrogen) atoms. The van der Waals surface area contributed by atoms with Crippen molar-refractivity contribution in [3.63, 3.8) is 0 Å². The van der Waals surface area contributed by atoms with Crippen LogP contribution in [0.1, 0.15) is 31.7 Å². The maximum Gasteiger partial charge on any atom is 0.151 e. The van der Waals surface area contributed by atoms with Crippen molar-refractivity contribution in [1.82, 2.24) is 4.90 Å². The highest BCUT2D eigenvalue weighted by atomic mass is 32.2. The van der Waals surface area contributed by atoms with Crippen LogP contribution in [0.5, 0.6) is 0 Å². The molecule has 1 saturated heterocycles. The van der Waals surface area contributed by atoms with Crippen LogP contribution in [0.25, 0.3) is 0 Å². The molecule has 0 spiro atoms.